The largest absolute Gasteiger partial charge is 0.480 e. The maximum atomic E-state index is 13.9. The fourth-order valence-corrected chi connectivity index (χ4v) is 1.91. The third-order valence-electron chi connectivity index (χ3n) is 2.84. The highest BCUT2D eigenvalue weighted by Crippen LogP contribution is 2.24. The first-order valence-electron chi connectivity index (χ1n) is 6.21. The molecule has 0 bridgehead atoms. The van der Waals surface area contributed by atoms with Gasteiger partial charge < -0.3 is 10.1 Å². The third-order valence-corrected chi connectivity index (χ3v) is 2.84. The summed E-state index contributed by atoms with van der Waals surface area (Å²) in [5, 5.41) is 10.9. The first kappa shape index (κ1) is 14.3. The number of methoxy groups -OCH3 is 1. The van der Waals surface area contributed by atoms with Gasteiger partial charge in [-0.15, -0.1) is 10.2 Å². The number of benzene rings is 1. The molecule has 4 nitrogen and oxygen atoms in total. The van der Waals surface area contributed by atoms with Crippen LogP contribution in [0.15, 0.2) is 30.3 Å². The Labute approximate surface area is 115 Å². The van der Waals surface area contributed by atoms with Gasteiger partial charge in [0.25, 0.3) is 0 Å². The van der Waals surface area contributed by atoms with E-state index < -0.39 is 17.7 Å². The van der Waals surface area contributed by atoms with Gasteiger partial charge in [0.1, 0.15) is 11.6 Å². The predicted molar refractivity (Wildman–Crippen MR) is 70.5 cm³/mol. The van der Waals surface area contributed by atoms with E-state index in [0.29, 0.717) is 18.1 Å². The first-order chi connectivity index (χ1) is 9.65. The van der Waals surface area contributed by atoms with E-state index in [-0.39, 0.29) is 5.56 Å². The molecule has 0 spiro atoms. The fourth-order valence-electron chi connectivity index (χ4n) is 1.91. The molecule has 1 unspecified atom stereocenters. The summed E-state index contributed by atoms with van der Waals surface area (Å²) < 4.78 is 32.2. The summed E-state index contributed by atoms with van der Waals surface area (Å²) in [5.74, 6) is -0.621. The number of ether oxygens (including phenoxy) is 1. The molecular weight excluding hydrogens is 264 g/mol. The Morgan fingerprint density at radius 1 is 1.20 bits per heavy atom. The van der Waals surface area contributed by atoms with Crippen LogP contribution < -0.4 is 10.1 Å². The molecule has 1 N–H and O–H groups in total. The minimum atomic E-state index is -0.561. The normalized spacial score (nSPS) is 12.2. The second-order valence-electron chi connectivity index (χ2n) is 4.16. The molecule has 106 valence electrons. The molecule has 1 heterocycles. The Kier molecular flexibility index (Phi) is 4.57. The molecule has 1 atom stereocenters. The Morgan fingerprint density at radius 3 is 2.60 bits per heavy atom. The maximum Gasteiger partial charge on any atom is 0.233 e. The highest BCUT2D eigenvalue weighted by atomic mass is 19.1. The Balaban J connectivity index is 2.41. The van der Waals surface area contributed by atoms with Gasteiger partial charge in [0.2, 0.25) is 5.88 Å². The van der Waals surface area contributed by atoms with E-state index in [1.165, 1.54) is 7.11 Å². The molecule has 2 aromatic rings. The van der Waals surface area contributed by atoms with Crippen molar-refractivity contribution in [3.8, 4) is 5.88 Å². The SMILES string of the molecule is CCNC(c1ccc(OC)nn1)c1cc(F)ccc1F. The minimum Gasteiger partial charge on any atom is -0.480 e. The van der Waals surface area contributed by atoms with Crippen molar-refractivity contribution in [3.63, 3.8) is 0 Å². The van der Waals surface area contributed by atoms with Gasteiger partial charge in [0.05, 0.1) is 18.8 Å². The summed E-state index contributed by atoms with van der Waals surface area (Å²) in [7, 11) is 1.48. The van der Waals surface area contributed by atoms with Crippen molar-refractivity contribution in [3.05, 3.63) is 53.2 Å². The van der Waals surface area contributed by atoms with E-state index in [4.69, 9.17) is 4.74 Å². The standard InChI is InChI=1S/C14H15F2N3O/c1-3-17-14(10-8-9(15)4-5-11(10)16)12-6-7-13(20-2)19-18-12/h4-8,14,17H,3H2,1-2H3. The van der Waals surface area contributed by atoms with Crippen molar-refractivity contribution in [2.24, 2.45) is 0 Å². The van der Waals surface area contributed by atoms with Crippen molar-refractivity contribution in [2.75, 3.05) is 13.7 Å². The molecule has 1 aromatic heterocycles. The third kappa shape index (κ3) is 3.08. The van der Waals surface area contributed by atoms with Crippen LogP contribution in [0.5, 0.6) is 5.88 Å². The Bertz CT molecular complexity index is 575. The van der Waals surface area contributed by atoms with E-state index in [0.717, 1.165) is 18.2 Å². The lowest BCUT2D eigenvalue weighted by atomic mass is 10.0. The van der Waals surface area contributed by atoms with Gasteiger partial charge in [-0.25, -0.2) is 8.78 Å². The van der Waals surface area contributed by atoms with Crippen LogP contribution in [-0.4, -0.2) is 23.9 Å². The van der Waals surface area contributed by atoms with Crippen LogP contribution in [-0.2, 0) is 0 Å². The van der Waals surface area contributed by atoms with Crippen LogP contribution in [0, 0.1) is 11.6 Å². The summed E-state index contributed by atoms with van der Waals surface area (Å²) >= 11 is 0. The zero-order valence-electron chi connectivity index (χ0n) is 11.2. The Morgan fingerprint density at radius 2 is 2.00 bits per heavy atom. The van der Waals surface area contributed by atoms with Crippen LogP contribution in [0.2, 0.25) is 0 Å². The summed E-state index contributed by atoms with van der Waals surface area (Å²) in [6.45, 7) is 2.45. The molecule has 0 aliphatic carbocycles. The van der Waals surface area contributed by atoms with E-state index >= 15 is 0 Å². The van der Waals surface area contributed by atoms with Crippen molar-refractivity contribution in [2.45, 2.75) is 13.0 Å². The van der Waals surface area contributed by atoms with Crippen LogP contribution in [0.4, 0.5) is 8.78 Å². The highest BCUT2D eigenvalue weighted by molar-refractivity contribution is 5.30. The number of nitrogens with zero attached hydrogens (tertiary/aromatic N) is 2. The van der Waals surface area contributed by atoms with Crippen LogP contribution in [0.25, 0.3) is 0 Å². The quantitative estimate of drug-likeness (QED) is 0.913. The number of aromatic nitrogens is 2. The first-order valence-corrected chi connectivity index (χ1v) is 6.21. The molecule has 0 amide bonds. The van der Waals surface area contributed by atoms with Gasteiger partial charge in [0.15, 0.2) is 0 Å². The summed E-state index contributed by atoms with van der Waals surface area (Å²) in [5.41, 5.74) is 0.698. The van der Waals surface area contributed by atoms with E-state index in [1.54, 1.807) is 12.1 Å². The lowest BCUT2D eigenvalue weighted by Crippen LogP contribution is -2.24. The number of hydrogen-bond acceptors (Lipinski definition) is 4. The second kappa shape index (κ2) is 6.38. The van der Waals surface area contributed by atoms with Gasteiger partial charge in [-0.05, 0) is 30.8 Å². The summed E-state index contributed by atoms with van der Waals surface area (Å²) in [4.78, 5) is 0. The number of nitrogens with one attached hydrogen (secondary N) is 1. The molecule has 1 aromatic carbocycles. The fraction of sp³-hybridized carbons (Fsp3) is 0.286. The molecule has 0 fully saturated rings. The molecule has 6 heteroatoms. The van der Waals surface area contributed by atoms with Crippen LogP contribution in [0.3, 0.4) is 0 Å². The lowest BCUT2D eigenvalue weighted by molar-refractivity contribution is 0.390. The van der Waals surface area contributed by atoms with Crippen molar-refractivity contribution in [1.82, 2.24) is 15.5 Å². The van der Waals surface area contributed by atoms with Crippen molar-refractivity contribution >= 4 is 0 Å². The van der Waals surface area contributed by atoms with Crippen molar-refractivity contribution < 1.29 is 13.5 Å². The lowest BCUT2D eigenvalue weighted by Gasteiger charge is -2.18. The van der Waals surface area contributed by atoms with Gasteiger partial charge in [-0.2, -0.15) is 0 Å². The van der Waals surface area contributed by atoms with Gasteiger partial charge in [-0.3, -0.25) is 0 Å². The zero-order chi connectivity index (χ0) is 14.5. The van der Waals surface area contributed by atoms with Gasteiger partial charge >= 0.3 is 0 Å². The van der Waals surface area contributed by atoms with Gasteiger partial charge in [0, 0.05) is 11.6 Å². The smallest absolute Gasteiger partial charge is 0.233 e. The number of hydrogen-bond donors (Lipinski definition) is 1. The molecule has 0 saturated heterocycles. The van der Waals surface area contributed by atoms with Crippen LogP contribution in [0.1, 0.15) is 24.2 Å². The van der Waals surface area contributed by atoms with Gasteiger partial charge in [-0.1, -0.05) is 6.92 Å². The molecule has 2 rings (SSSR count). The van der Waals surface area contributed by atoms with Crippen LogP contribution >= 0.6 is 0 Å². The van der Waals surface area contributed by atoms with E-state index in [9.17, 15) is 8.78 Å². The highest BCUT2D eigenvalue weighted by Gasteiger charge is 2.19. The topological polar surface area (TPSA) is 47.0 Å². The van der Waals surface area contributed by atoms with E-state index in [1.807, 2.05) is 6.92 Å². The molecule has 0 saturated carbocycles. The minimum absolute atomic E-state index is 0.200. The number of rotatable bonds is 5. The molecule has 0 aliphatic heterocycles. The molecule has 20 heavy (non-hydrogen) atoms. The van der Waals surface area contributed by atoms with Crippen molar-refractivity contribution in [1.29, 1.82) is 0 Å². The molecule has 0 aliphatic rings. The average molecular weight is 279 g/mol. The second-order valence-corrected chi connectivity index (χ2v) is 4.16. The summed E-state index contributed by atoms with van der Waals surface area (Å²) in [6, 6.07) is 6.09. The zero-order valence-corrected chi connectivity index (χ0v) is 11.2. The molecule has 0 radical (unpaired) electrons. The predicted octanol–water partition coefficient (Wildman–Crippen LogP) is 2.46. The maximum absolute atomic E-state index is 13.9. The van der Waals surface area contributed by atoms with E-state index in [2.05, 4.69) is 15.5 Å². The Hall–Kier alpha value is -2.08. The summed E-state index contributed by atoms with van der Waals surface area (Å²) in [6.07, 6.45) is 0. The molecular formula is C14H15F2N3O. The monoisotopic (exact) mass is 279 g/mol. The number of halogens is 2. The average Bonchev–Trinajstić information content (AvgIpc) is 2.48.